The van der Waals surface area contributed by atoms with Gasteiger partial charge in [0.15, 0.2) is 5.16 Å². The number of para-hydroxylation sites is 1. The van der Waals surface area contributed by atoms with E-state index < -0.39 is 10.8 Å². The molecule has 168 valence electrons. The predicted molar refractivity (Wildman–Crippen MR) is 129 cm³/mol. The Bertz CT molecular complexity index is 1520. The second kappa shape index (κ2) is 9.56. The smallest absolute Gasteiger partial charge is 0.274 e. The summed E-state index contributed by atoms with van der Waals surface area (Å²) in [7, 11) is 0. The van der Waals surface area contributed by atoms with Crippen LogP contribution in [0.3, 0.4) is 0 Å². The zero-order valence-electron chi connectivity index (χ0n) is 17.9. The first-order valence-electron chi connectivity index (χ1n) is 10.1. The first-order chi connectivity index (χ1) is 16.4. The summed E-state index contributed by atoms with van der Waals surface area (Å²) in [5.74, 6) is -0.486. The number of hydrogen-bond donors (Lipinski definition) is 1. The number of rotatable bonds is 6. The first kappa shape index (κ1) is 22.7. The highest BCUT2D eigenvalue weighted by atomic mass is 32.2. The molecule has 0 saturated heterocycles. The van der Waals surface area contributed by atoms with E-state index in [0.717, 1.165) is 11.8 Å². The van der Waals surface area contributed by atoms with Gasteiger partial charge in [0.2, 0.25) is 5.91 Å². The summed E-state index contributed by atoms with van der Waals surface area (Å²) in [6.45, 7) is 1.62. The molecule has 0 aliphatic heterocycles. The van der Waals surface area contributed by atoms with Crippen molar-refractivity contribution in [1.29, 1.82) is 5.26 Å². The number of thioether (sulfide) groups is 1. The number of aryl methyl sites for hydroxylation is 1. The Labute approximate surface area is 197 Å². The van der Waals surface area contributed by atoms with Crippen LogP contribution >= 0.6 is 11.8 Å². The van der Waals surface area contributed by atoms with Crippen LogP contribution in [0.2, 0.25) is 0 Å². The van der Waals surface area contributed by atoms with Gasteiger partial charge in [-0.25, -0.2) is 4.98 Å². The van der Waals surface area contributed by atoms with Gasteiger partial charge in [0.1, 0.15) is 0 Å². The molecule has 0 saturated carbocycles. The normalized spacial score (nSPS) is 10.6. The lowest BCUT2D eigenvalue weighted by atomic mass is 10.2. The Kier molecular flexibility index (Phi) is 6.38. The van der Waals surface area contributed by atoms with Gasteiger partial charge >= 0.3 is 0 Å². The van der Waals surface area contributed by atoms with Gasteiger partial charge in [-0.3, -0.25) is 24.3 Å². The minimum absolute atomic E-state index is 0.0806. The fourth-order valence-electron chi connectivity index (χ4n) is 3.33. The van der Waals surface area contributed by atoms with Gasteiger partial charge < -0.3 is 5.32 Å². The number of aromatic nitrogens is 2. The van der Waals surface area contributed by atoms with E-state index in [1.54, 1.807) is 67.6 Å². The second-order valence-corrected chi connectivity index (χ2v) is 8.25. The molecule has 0 aliphatic carbocycles. The van der Waals surface area contributed by atoms with E-state index in [4.69, 9.17) is 5.26 Å². The molecule has 0 unspecified atom stereocenters. The van der Waals surface area contributed by atoms with Crippen LogP contribution < -0.4 is 10.9 Å². The summed E-state index contributed by atoms with van der Waals surface area (Å²) < 4.78 is 1.40. The zero-order chi connectivity index (χ0) is 24.2. The number of carbonyl (C=O) groups excluding carboxylic acids is 1. The second-order valence-electron chi connectivity index (χ2n) is 7.31. The van der Waals surface area contributed by atoms with Crippen LogP contribution in [0.1, 0.15) is 11.1 Å². The third-order valence-electron chi connectivity index (χ3n) is 5.02. The standard InChI is InChI=1S/C24H17N5O4S/c1-15-6-9-17(12-21(15)29(32)33)26-22(30)14-34-24-27-20-5-3-2-4-19(20)23(31)28(24)18-10-7-16(13-25)8-11-18/h2-12H,14H2,1H3,(H,26,30). The van der Waals surface area contributed by atoms with Gasteiger partial charge in [0.05, 0.1) is 38.9 Å². The van der Waals surface area contributed by atoms with Crippen molar-refractivity contribution in [3.63, 3.8) is 0 Å². The number of nitriles is 1. The number of carbonyl (C=O) groups is 1. The number of hydrogen-bond acceptors (Lipinski definition) is 7. The highest BCUT2D eigenvalue weighted by molar-refractivity contribution is 7.99. The SMILES string of the molecule is Cc1ccc(NC(=O)CSc2nc3ccccc3c(=O)n2-c2ccc(C#N)cc2)cc1[N+](=O)[O-]. The molecule has 4 aromatic rings. The summed E-state index contributed by atoms with van der Waals surface area (Å²) in [6.07, 6.45) is 0. The molecule has 1 heterocycles. The molecule has 1 aromatic heterocycles. The van der Waals surface area contributed by atoms with Crippen molar-refractivity contribution in [1.82, 2.24) is 9.55 Å². The molecule has 1 N–H and O–H groups in total. The highest BCUT2D eigenvalue weighted by Crippen LogP contribution is 2.24. The molecular weight excluding hydrogens is 454 g/mol. The van der Waals surface area contributed by atoms with E-state index in [1.165, 1.54) is 10.6 Å². The summed E-state index contributed by atoms with van der Waals surface area (Å²) in [6, 6.07) is 19.9. The van der Waals surface area contributed by atoms with Gasteiger partial charge in [0.25, 0.3) is 11.2 Å². The van der Waals surface area contributed by atoms with E-state index in [9.17, 15) is 19.7 Å². The minimum atomic E-state index is -0.505. The number of nitro groups is 1. The number of nitrogens with zero attached hydrogens (tertiary/aromatic N) is 4. The number of amides is 1. The lowest BCUT2D eigenvalue weighted by Gasteiger charge is -2.13. The average Bonchev–Trinajstić information content (AvgIpc) is 2.84. The van der Waals surface area contributed by atoms with Crippen LogP contribution in [-0.2, 0) is 4.79 Å². The quantitative estimate of drug-likeness (QED) is 0.193. The number of nitro benzene ring substituents is 1. The molecular formula is C24H17N5O4S. The van der Waals surface area contributed by atoms with Crippen LogP contribution in [-0.4, -0.2) is 26.1 Å². The Balaban J connectivity index is 1.64. The maximum Gasteiger partial charge on any atom is 0.274 e. The van der Waals surface area contributed by atoms with Crippen LogP contribution in [0.5, 0.6) is 0 Å². The molecule has 0 aliphatic rings. The average molecular weight is 471 g/mol. The number of anilines is 1. The maximum absolute atomic E-state index is 13.3. The molecule has 10 heteroatoms. The summed E-state index contributed by atoms with van der Waals surface area (Å²) >= 11 is 1.06. The van der Waals surface area contributed by atoms with Crippen LogP contribution in [0.25, 0.3) is 16.6 Å². The molecule has 0 bridgehead atoms. The van der Waals surface area contributed by atoms with Crippen molar-refractivity contribution < 1.29 is 9.72 Å². The number of fused-ring (bicyclic) bond motifs is 1. The fraction of sp³-hybridized carbons (Fsp3) is 0.0833. The maximum atomic E-state index is 13.3. The van der Waals surface area contributed by atoms with Crippen LogP contribution in [0.15, 0.2) is 76.7 Å². The minimum Gasteiger partial charge on any atom is -0.325 e. The van der Waals surface area contributed by atoms with Crippen molar-refractivity contribution in [3.8, 4) is 11.8 Å². The fourth-order valence-corrected chi connectivity index (χ4v) is 4.15. The topological polar surface area (TPSA) is 131 Å². The van der Waals surface area contributed by atoms with E-state index in [1.807, 2.05) is 6.07 Å². The van der Waals surface area contributed by atoms with Gasteiger partial charge in [-0.15, -0.1) is 0 Å². The largest absolute Gasteiger partial charge is 0.325 e. The first-order valence-corrected chi connectivity index (χ1v) is 11.1. The molecule has 0 atom stereocenters. The highest BCUT2D eigenvalue weighted by Gasteiger charge is 2.16. The monoisotopic (exact) mass is 471 g/mol. The van der Waals surface area contributed by atoms with Crippen molar-refractivity contribution in [2.45, 2.75) is 12.1 Å². The Hall–Kier alpha value is -4.49. The molecule has 3 aromatic carbocycles. The third-order valence-corrected chi connectivity index (χ3v) is 5.96. The molecule has 4 rings (SSSR count). The molecule has 0 fully saturated rings. The van der Waals surface area contributed by atoms with Crippen molar-refractivity contribution in [2.75, 3.05) is 11.1 Å². The Morgan fingerprint density at radius 2 is 1.91 bits per heavy atom. The van der Waals surface area contributed by atoms with E-state index in [0.29, 0.717) is 38.6 Å². The molecule has 1 amide bonds. The third kappa shape index (κ3) is 4.65. The number of benzene rings is 3. The number of nitrogens with one attached hydrogen (secondary N) is 1. The molecule has 34 heavy (non-hydrogen) atoms. The van der Waals surface area contributed by atoms with E-state index in [2.05, 4.69) is 10.3 Å². The van der Waals surface area contributed by atoms with Crippen LogP contribution in [0.4, 0.5) is 11.4 Å². The molecule has 9 nitrogen and oxygen atoms in total. The van der Waals surface area contributed by atoms with Gasteiger partial charge in [-0.1, -0.05) is 30.0 Å². The Morgan fingerprint density at radius 3 is 2.62 bits per heavy atom. The van der Waals surface area contributed by atoms with Crippen molar-refractivity contribution in [2.24, 2.45) is 0 Å². The van der Waals surface area contributed by atoms with E-state index in [-0.39, 0.29) is 17.0 Å². The van der Waals surface area contributed by atoms with Gasteiger partial charge in [0, 0.05) is 17.3 Å². The lowest BCUT2D eigenvalue weighted by molar-refractivity contribution is -0.385. The molecule has 0 radical (unpaired) electrons. The molecule has 0 spiro atoms. The summed E-state index contributed by atoms with van der Waals surface area (Å²) in [5, 5.41) is 23.6. The summed E-state index contributed by atoms with van der Waals surface area (Å²) in [5.41, 5.74) is 1.87. The summed E-state index contributed by atoms with van der Waals surface area (Å²) in [4.78, 5) is 41.1. The van der Waals surface area contributed by atoms with Crippen LogP contribution in [0, 0.1) is 28.4 Å². The zero-order valence-corrected chi connectivity index (χ0v) is 18.7. The van der Waals surface area contributed by atoms with Gasteiger partial charge in [-0.2, -0.15) is 5.26 Å². The predicted octanol–water partition coefficient (Wildman–Crippen LogP) is 4.20. The van der Waals surface area contributed by atoms with Crippen molar-refractivity contribution >= 4 is 39.9 Å². The van der Waals surface area contributed by atoms with Gasteiger partial charge in [-0.05, 0) is 49.4 Å². The van der Waals surface area contributed by atoms with Crippen molar-refractivity contribution in [3.05, 3.63) is 98.3 Å². The van der Waals surface area contributed by atoms with E-state index >= 15 is 0 Å². The Morgan fingerprint density at radius 1 is 1.18 bits per heavy atom. The lowest BCUT2D eigenvalue weighted by Crippen LogP contribution is -2.23.